The molecule has 0 saturated heterocycles. The summed E-state index contributed by atoms with van der Waals surface area (Å²) in [4.78, 5) is 27.1. The van der Waals surface area contributed by atoms with Crippen molar-refractivity contribution in [2.45, 2.75) is 13.8 Å². The Balaban J connectivity index is 2.23. The highest BCUT2D eigenvalue weighted by Crippen LogP contribution is 2.26. The SMILES string of the molecule is CC(C)COc1ccc(C=O)cc1NC(=O)c1cccnc1. The summed E-state index contributed by atoms with van der Waals surface area (Å²) in [5.41, 5.74) is 1.38. The van der Waals surface area contributed by atoms with Crippen molar-refractivity contribution in [2.24, 2.45) is 5.92 Å². The van der Waals surface area contributed by atoms with Crippen molar-refractivity contribution in [3.63, 3.8) is 0 Å². The van der Waals surface area contributed by atoms with E-state index in [9.17, 15) is 9.59 Å². The van der Waals surface area contributed by atoms with Crippen LogP contribution < -0.4 is 10.1 Å². The van der Waals surface area contributed by atoms with Crippen LogP contribution in [0.2, 0.25) is 0 Å². The quantitative estimate of drug-likeness (QED) is 0.832. The number of anilines is 1. The largest absolute Gasteiger partial charge is 0.491 e. The first-order valence-electron chi connectivity index (χ1n) is 7.03. The molecule has 22 heavy (non-hydrogen) atoms. The van der Waals surface area contributed by atoms with Crippen LogP contribution in [-0.4, -0.2) is 23.8 Å². The van der Waals surface area contributed by atoms with Crippen LogP contribution in [0.4, 0.5) is 5.69 Å². The highest BCUT2D eigenvalue weighted by molar-refractivity contribution is 6.05. The molecule has 0 unspecified atom stereocenters. The molecule has 0 fully saturated rings. The lowest BCUT2D eigenvalue weighted by Crippen LogP contribution is -2.14. The second-order valence-corrected chi connectivity index (χ2v) is 5.27. The summed E-state index contributed by atoms with van der Waals surface area (Å²) in [5, 5.41) is 2.76. The number of pyridine rings is 1. The third kappa shape index (κ3) is 4.15. The van der Waals surface area contributed by atoms with Crippen molar-refractivity contribution >= 4 is 17.9 Å². The molecule has 0 aliphatic heterocycles. The van der Waals surface area contributed by atoms with Crippen LogP contribution in [0.1, 0.15) is 34.6 Å². The lowest BCUT2D eigenvalue weighted by atomic mass is 10.2. The van der Waals surface area contributed by atoms with Crippen molar-refractivity contribution in [1.29, 1.82) is 0 Å². The van der Waals surface area contributed by atoms with Crippen molar-refractivity contribution in [2.75, 3.05) is 11.9 Å². The van der Waals surface area contributed by atoms with E-state index in [-0.39, 0.29) is 5.91 Å². The highest BCUT2D eigenvalue weighted by atomic mass is 16.5. The van der Waals surface area contributed by atoms with E-state index in [1.165, 1.54) is 6.20 Å². The summed E-state index contributed by atoms with van der Waals surface area (Å²) >= 11 is 0. The molecule has 1 heterocycles. The van der Waals surface area contributed by atoms with Crippen LogP contribution in [0.5, 0.6) is 5.75 Å². The molecule has 5 nitrogen and oxygen atoms in total. The Morgan fingerprint density at radius 3 is 2.82 bits per heavy atom. The number of aldehydes is 1. The predicted octanol–water partition coefficient (Wildman–Crippen LogP) is 3.18. The molecule has 2 aromatic rings. The number of hydrogen-bond acceptors (Lipinski definition) is 4. The number of nitrogens with one attached hydrogen (secondary N) is 1. The lowest BCUT2D eigenvalue weighted by molar-refractivity contribution is 0.102. The molecular formula is C17H18N2O3. The molecule has 2 rings (SSSR count). The van der Waals surface area contributed by atoms with Crippen molar-refractivity contribution in [1.82, 2.24) is 4.98 Å². The van der Waals surface area contributed by atoms with E-state index in [4.69, 9.17) is 4.74 Å². The molecule has 0 spiro atoms. The van der Waals surface area contributed by atoms with Gasteiger partial charge in [0.05, 0.1) is 17.9 Å². The molecule has 114 valence electrons. The molecule has 0 saturated carbocycles. The molecule has 1 aromatic carbocycles. The van der Waals surface area contributed by atoms with Crippen LogP contribution in [0.15, 0.2) is 42.7 Å². The number of ether oxygens (including phenoxy) is 1. The highest BCUT2D eigenvalue weighted by Gasteiger charge is 2.11. The second-order valence-electron chi connectivity index (χ2n) is 5.27. The third-order valence-corrected chi connectivity index (χ3v) is 2.88. The summed E-state index contributed by atoms with van der Waals surface area (Å²) < 4.78 is 5.69. The Hall–Kier alpha value is -2.69. The second kappa shape index (κ2) is 7.36. The van der Waals surface area contributed by atoms with Gasteiger partial charge in [0.1, 0.15) is 12.0 Å². The van der Waals surface area contributed by atoms with Crippen LogP contribution in [0.3, 0.4) is 0 Å². The van der Waals surface area contributed by atoms with Crippen molar-refractivity contribution in [3.05, 3.63) is 53.9 Å². The number of aromatic nitrogens is 1. The first-order valence-corrected chi connectivity index (χ1v) is 7.03. The number of hydrogen-bond donors (Lipinski definition) is 1. The van der Waals surface area contributed by atoms with E-state index in [0.29, 0.717) is 35.1 Å². The van der Waals surface area contributed by atoms with Gasteiger partial charge in [-0.15, -0.1) is 0 Å². The fourth-order valence-corrected chi connectivity index (χ4v) is 1.79. The Morgan fingerprint density at radius 1 is 1.36 bits per heavy atom. The van der Waals surface area contributed by atoms with Gasteiger partial charge in [0, 0.05) is 18.0 Å². The normalized spacial score (nSPS) is 10.3. The van der Waals surface area contributed by atoms with Gasteiger partial charge in [-0.25, -0.2) is 0 Å². The number of carbonyl (C=O) groups is 2. The number of nitrogens with zero attached hydrogens (tertiary/aromatic N) is 1. The fourth-order valence-electron chi connectivity index (χ4n) is 1.79. The topological polar surface area (TPSA) is 68.3 Å². The van der Waals surface area contributed by atoms with Crippen LogP contribution in [0, 0.1) is 5.92 Å². The lowest BCUT2D eigenvalue weighted by Gasteiger charge is -2.14. The minimum Gasteiger partial charge on any atom is -0.491 e. The van der Waals surface area contributed by atoms with E-state index < -0.39 is 0 Å². The van der Waals surface area contributed by atoms with Gasteiger partial charge in [0.2, 0.25) is 0 Å². The molecule has 5 heteroatoms. The van der Waals surface area contributed by atoms with Gasteiger partial charge < -0.3 is 10.1 Å². The number of amides is 1. The first kappa shape index (κ1) is 15.7. The first-order chi connectivity index (χ1) is 10.6. The van der Waals surface area contributed by atoms with Gasteiger partial charge in [-0.05, 0) is 36.2 Å². The van der Waals surface area contributed by atoms with Crippen LogP contribution in [0.25, 0.3) is 0 Å². The minimum atomic E-state index is -0.300. The van der Waals surface area contributed by atoms with Crippen LogP contribution in [-0.2, 0) is 0 Å². The average Bonchev–Trinajstić information content (AvgIpc) is 2.54. The zero-order valence-electron chi connectivity index (χ0n) is 12.6. The van der Waals surface area contributed by atoms with E-state index in [2.05, 4.69) is 10.3 Å². The molecule has 1 amide bonds. The van der Waals surface area contributed by atoms with Gasteiger partial charge in [0.15, 0.2) is 0 Å². The van der Waals surface area contributed by atoms with Gasteiger partial charge in [-0.3, -0.25) is 14.6 Å². The van der Waals surface area contributed by atoms with E-state index in [1.807, 2.05) is 13.8 Å². The number of rotatable bonds is 6. The van der Waals surface area contributed by atoms with E-state index in [0.717, 1.165) is 6.29 Å². The number of benzene rings is 1. The zero-order chi connectivity index (χ0) is 15.9. The van der Waals surface area contributed by atoms with Gasteiger partial charge in [-0.1, -0.05) is 13.8 Å². The Labute approximate surface area is 129 Å². The summed E-state index contributed by atoms with van der Waals surface area (Å²) in [7, 11) is 0. The molecule has 1 aromatic heterocycles. The maximum absolute atomic E-state index is 12.2. The third-order valence-electron chi connectivity index (χ3n) is 2.88. The van der Waals surface area contributed by atoms with E-state index in [1.54, 1.807) is 36.5 Å². The standard InChI is InChI=1S/C17H18N2O3/c1-12(2)11-22-16-6-5-13(10-20)8-15(16)19-17(21)14-4-3-7-18-9-14/h3-10,12H,11H2,1-2H3,(H,19,21). The summed E-state index contributed by atoms with van der Waals surface area (Å²) in [6.07, 6.45) is 3.81. The molecule has 0 atom stereocenters. The Morgan fingerprint density at radius 2 is 2.18 bits per heavy atom. The molecule has 0 aliphatic carbocycles. The Bertz CT molecular complexity index is 654. The van der Waals surface area contributed by atoms with Crippen molar-refractivity contribution < 1.29 is 14.3 Å². The molecular weight excluding hydrogens is 280 g/mol. The smallest absolute Gasteiger partial charge is 0.257 e. The maximum atomic E-state index is 12.2. The monoisotopic (exact) mass is 298 g/mol. The van der Waals surface area contributed by atoms with Gasteiger partial charge in [-0.2, -0.15) is 0 Å². The average molecular weight is 298 g/mol. The molecule has 0 radical (unpaired) electrons. The minimum absolute atomic E-state index is 0.300. The fraction of sp³-hybridized carbons (Fsp3) is 0.235. The van der Waals surface area contributed by atoms with Gasteiger partial charge >= 0.3 is 0 Å². The zero-order valence-corrected chi connectivity index (χ0v) is 12.6. The maximum Gasteiger partial charge on any atom is 0.257 e. The molecule has 1 N–H and O–H groups in total. The summed E-state index contributed by atoms with van der Waals surface area (Å²) in [6, 6.07) is 8.29. The van der Waals surface area contributed by atoms with E-state index >= 15 is 0 Å². The summed E-state index contributed by atoms with van der Waals surface area (Å²) in [6.45, 7) is 4.59. The number of carbonyl (C=O) groups excluding carboxylic acids is 2. The van der Waals surface area contributed by atoms with Crippen LogP contribution >= 0.6 is 0 Å². The van der Waals surface area contributed by atoms with Crippen molar-refractivity contribution in [3.8, 4) is 5.75 Å². The Kier molecular flexibility index (Phi) is 5.25. The molecule has 0 aliphatic rings. The summed E-state index contributed by atoms with van der Waals surface area (Å²) in [5.74, 6) is 0.592. The van der Waals surface area contributed by atoms with Gasteiger partial charge in [0.25, 0.3) is 5.91 Å². The molecule has 0 bridgehead atoms. The predicted molar refractivity (Wildman–Crippen MR) is 84.4 cm³/mol.